The molecule has 0 heterocycles. The van der Waals surface area contributed by atoms with Gasteiger partial charge in [-0.05, 0) is 0 Å². The second-order valence-electron chi connectivity index (χ2n) is 2.15. The van der Waals surface area contributed by atoms with E-state index in [1.54, 1.807) is 6.07 Å². The van der Waals surface area contributed by atoms with Crippen molar-refractivity contribution in [3.05, 3.63) is 79.3 Å². The fourth-order valence-electron chi connectivity index (χ4n) is 0.606. The molecule has 0 unspecified atom stereocenters. The molecule has 0 spiro atoms. The first-order valence-electron chi connectivity index (χ1n) is 3.96. The van der Waals surface area contributed by atoms with E-state index < -0.39 is 17.5 Å². The third kappa shape index (κ3) is 12.6. The minimum Gasteiger partial charge on any atom is -0.999 e. The second-order valence-corrected chi connectivity index (χ2v) is 2.15. The Morgan fingerprint density at radius 1 is 0.947 bits per heavy atom. The molecule has 19 heavy (non-hydrogen) atoms. The fraction of sp³-hybridized carbons (Fsp3) is 0. The van der Waals surface area contributed by atoms with Crippen LogP contribution in [0.3, 0.4) is 0 Å². The molecule has 0 aromatic heterocycles. The summed E-state index contributed by atoms with van der Waals surface area (Å²) in [6.45, 7) is 9.00. The van der Waals surface area contributed by atoms with Crippen LogP contribution >= 0.6 is 0 Å². The average Bonchev–Trinajstić information content (AvgIpc) is 2.98. The summed E-state index contributed by atoms with van der Waals surface area (Å²) < 4.78 is 50.7. The van der Waals surface area contributed by atoms with Gasteiger partial charge in [0.25, 0.3) is 0 Å². The summed E-state index contributed by atoms with van der Waals surface area (Å²) in [4.78, 5) is 0. The van der Waals surface area contributed by atoms with E-state index in [0.717, 1.165) is 6.07 Å². The van der Waals surface area contributed by atoms with Gasteiger partial charge in [-0.15, -0.1) is 18.2 Å². The van der Waals surface area contributed by atoms with E-state index in [2.05, 4.69) is 37.6 Å². The van der Waals surface area contributed by atoms with Crippen LogP contribution in [0.15, 0.2) is 18.2 Å². The Bertz CT molecular complexity index is 430. The SMILES string of the molecule is Fc1[c-]c(F)c(F)cc1.[C-]#[O+].[C-]#[O+].[Fe+6].[c-]1[c-][c-][cH-][c-]1. The molecule has 2 aromatic rings. The molecule has 2 nitrogen and oxygen atoms in total. The van der Waals surface area contributed by atoms with Crippen LogP contribution in [0.1, 0.15) is 0 Å². The molecule has 0 aliphatic rings. The predicted molar refractivity (Wildman–Crippen MR) is 50.4 cm³/mol. The molecule has 0 aliphatic carbocycles. The van der Waals surface area contributed by atoms with Gasteiger partial charge in [-0.2, -0.15) is 0 Å². The van der Waals surface area contributed by atoms with Crippen molar-refractivity contribution >= 4 is 0 Å². The smallest absolute Gasteiger partial charge is 0.999 e. The van der Waals surface area contributed by atoms with Gasteiger partial charge in [-0.1, -0.05) is 0 Å². The number of hydrogen-bond donors (Lipinski definition) is 0. The van der Waals surface area contributed by atoms with Crippen molar-refractivity contribution in [1.29, 1.82) is 0 Å². The Morgan fingerprint density at radius 2 is 1.42 bits per heavy atom. The standard InChI is InChI=1S/C6H2F3.C5H.2CO.Fe/c7-4-1-2-5(8)6(9)3-4;1-2-4-5-3-1;2*1-2;/h1-2H;1H;;;/q-1;-5;;;+6. The largest absolute Gasteiger partial charge is 6.00 e. The number of halogens is 3. The van der Waals surface area contributed by atoms with E-state index in [9.17, 15) is 13.2 Å². The van der Waals surface area contributed by atoms with Crippen LogP contribution in [0.4, 0.5) is 13.2 Å². The molecule has 0 saturated carbocycles. The van der Waals surface area contributed by atoms with Gasteiger partial charge in [-0.25, -0.2) is 8.78 Å². The first-order valence-corrected chi connectivity index (χ1v) is 3.96. The van der Waals surface area contributed by atoms with E-state index in [1.807, 2.05) is 0 Å². The Morgan fingerprint density at radius 3 is 1.68 bits per heavy atom. The van der Waals surface area contributed by atoms with Crippen molar-refractivity contribution in [2.24, 2.45) is 0 Å². The third-order valence-corrected chi connectivity index (χ3v) is 1.17. The van der Waals surface area contributed by atoms with Gasteiger partial charge in [-0.3, -0.25) is 4.39 Å². The predicted octanol–water partition coefficient (Wildman–Crippen LogP) is 2.43. The summed E-state index contributed by atoms with van der Waals surface area (Å²) in [5.74, 6) is -3.26. The molecule has 0 fully saturated rings. The molecule has 0 aliphatic heterocycles. The first-order chi connectivity index (χ1) is 8.70. The van der Waals surface area contributed by atoms with Crippen LogP contribution in [-0.2, 0) is 26.4 Å². The normalized spacial score (nSPS) is 6.89. The maximum Gasteiger partial charge on any atom is 6.00 e. The summed E-state index contributed by atoms with van der Waals surface area (Å²) >= 11 is 0. The Balaban J connectivity index is -0.000000220. The number of benzene rings is 1. The fourth-order valence-corrected chi connectivity index (χ4v) is 0.606. The van der Waals surface area contributed by atoms with Crippen molar-refractivity contribution in [1.82, 2.24) is 0 Å². The van der Waals surface area contributed by atoms with Gasteiger partial charge in [0.2, 0.25) is 0 Å². The maximum absolute atomic E-state index is 11.9. The van der Waals surface area contributed by atoms with E-state index in [0.29, 0.717) is 6.07 Å². The molecule has 96 valence electrons. The van der Waals surface area contributed by atoms with Crippen LogP contribution in [0.2, 0.25) is 0 Å². The van der Waals surface area contributed by atoms with Gasteiger partial charge >= 0.3 is 39.7 Å². The Hall–Kier alpha value is -1.64. The van der Waals surface area contributed by atoms with Crippen molar-refractivity contribution < 1.29 is 39.5 Å². The van der Waals surface area contributed by atoms with E-state index in [4.69, 9.17) is 9.30 Å². The minimum atomic E-state index is -1.28. The molecule has 6 heteroatoms. The van der Waals surface area contributed by atoms with Crippen LogP contribution in [0.25, 0.3) is 0 Å². The van der Waals surface area contributed by atoms with Gasteiger partial charge in [0, 0.05) is 17.5 Å². The van der Waals surface area contributed by atoms with Gasteiger partial charge in [0.1, 0.15) is 0 Å². The first kappa shape index (κ1) is 22.5. The zero-order valence-corrected chi connectivity index (χ0v) is 10.1. The van der Waals surface area contributed by atoms with Gasteiger partial charge in [0.15, 0.2) is 0 Å². The van der Waals surface area contributed by atoms with E-state index in [-0.39, 0.29) is 17.1 Å². The molecule has 2 rings (SSSR count). The Labute approximate surface area is 119 Å². The van der Waals surface area contributed by atoms with Crippen LogP contribution in [0, 0.1) is 61.1 Å². The minimum absolute atomic E-state index is 0. The monoisotopic (exact) mass is 304 g/mol. The van der Waals surface area contributed by atoms with Gasteiger partial charge in [0.05, 0.1) is 0 Å². The summed E-state index contributed by atoms with van der Waals surface area (Å²) in [5, 5.41) is 0. The zero-order chi connectivity index (χ0) is 14.4. The van der Waals surface area contributed by atoms with Gasteiger partial charge < -0.3 is 30.3 Å². The number of rotatable bonds is 0. The summed E-state index contributed by atoms with van der Waals surface area (Å²) in [6.07, 6.45) is 0. The molecule has 0 atom stereocenters. The molecular weight excluding hydrogens is 301 g/mol. The molecular formula is C13H3F3FeO2. The van der Waals surface area contributed by atoms with E-state index in [1.165, 1.54) is 6.07 Å². The maximum atomic E-state index is 11.9. The molecule has 0 amide bonds. The molecule has 0 saturated heterocycles. The van der Waals surface area contributed by atoms with Crippen molar-refractivity contribution in [2.45, 2.75) is 0 Å². The van der Waals surface area contributed by atoms with Crippen LogP contribution < -0.4 is 0 Å². The quantitative estimate of drug-likeness (QED) is 0.310. The molecule has 0 N–H and O–H groups in total. The average molecular weight is 304 g/mol. The topological polar surface area (TPSA) is 39.8 Å². The second kappa shape index (κ2) is 16.4. The van der Waals surface area contributed by atoms with Crippen LogP contribution in [0.5, 0.6) is 0 Å². The molecule has 2 aromatic carbocycles. The van der Waals surface area contributed by atoms with Crippen molar-refractivity contribution in [3.8, 4) is 0 Å². The summed E-state index contributed by atoms with van der Waals surface area (Å²) in [6, 6.07) is 15.0. The van der Waals surface area contributed by atoms with Crippen molar-refractivity contribution in [2.75, 3.05) is 0 Å². The number of hydrogen-bond acceptors (Lipinski definition) is 0. The van der Waals surface area contributed by atoms with Crippen molar-refractivity contribution in [3.63, 3.8) is 0 Å². The van der Waals surface area contributed by atoms with E-state index >= 15 is 0 Å². The Kier molecular flexibility index (Phi) is 19.4. The third-order valence-electron chi connectivity index (χ3n) is 1.17. The molecule has 0 radical (unpaired) electrons. The summed E-state index contributed by atoms with van der Waals surface area (Å²) in [5.41, 5.74) is 0. The van der Waals surface area contributed by atoms with Crippen LogP contribution in [-0.4, -0.2) is 0 Å². The summed E-state index contributed by atoms with van der Waals surface area (Å²) in [7, 11) is 0. The zero-order valence-electron chi connectivity index (χ0n) is 9.04. The molecule has 0 bridgehead atoms.